The number of hydrogen-bond donors (Lipinski definition) is 0. The van der Waals surface area contributed by atoms with E-state index in [-0.39, 0.29) is 5.91 Å². The summed E-state index contributed by atoms with van der Waals surface area (Å²) >= 11 is 5.04. The summed E-state index contributed by atoms with van der Waals surface area (Å²) in [6.07, 6.45) is 4.86. The van der Waals surface area contributed by atoms with Gasteiger partial charge in [-0.1, -0.05) is 28.8 Å². The summed E-state index contributed by atoms with van der Waals surface area (Å²) in [5.74, 6) is 0.839. The van der Waals surface area contributed by atoms with E-state index in [1.54, 1.807) is 11.8 Å². The Balaban J connectivity index is 1.81. The predicted molar refractivity (Wildman–Crippen MR) is 79.9 cm³/mol. The van der Waals surface area contributed by atoms with E-state index in [2.05, 4.69) is 15.9 Å². The highest BCUT2D eigenvalue weighted by Crippen LogP contribution is 2.21. The number of nitrogens with zero attached hydrogens (tertiary/aromatic N) is 1. The molecule has 1 aliphatic rings. The molecule has 0 spiro atoms. The van der Waals surface area contributed by atoms with Crippen molar-refractivity contribution in [2.24, 2.45) is 0 Å². The van der Waals surface area contributed by atoms with E-state index in [1.165, 1.54) is 12.8 Å². The van der Waals surface area contributed by atoms with E-state index < -0.39 is 0 Å². The van der Waals surface area contributed by atoms with E-state index in [1.807, 2.05) is 29.2 Å². The fourth-order valence-corrected chi connectivity index (χ4v) is 3.15. The molecule has 1 aromatic rings. The van der Waals surface area contributed by atoms with Crippen LogP contribution in [0, 0.1) is 0 Å². The van der Waals surface area contributed by atoms with Crippen LogP contribution in [0.4, 0.5) is 0 Å². The van der Waals surface area contributed by atoms with Crippen molar-refractivity contribution in [1.29, 1.82) is 0 Å². The summed E-state index contributed by atoms with van der Waals surface area (Å²) in [4.78, 5) is 15.3. The van der Waals surface area contributed by atoms with Crippen molar-refractivity contribution >= 4 is 33.6 Å². The second kappa shape index (κ2) is 7.19. The van der Waals surface area contributed by atoms with Gasteiger partial charge in [0.05, 0.1) is 5.75 Å². The van der Waals surface area contributed by atoms with Gasteiger partial charge in [0.15, 0.2) is 0 Å². The Hall–Kier alpha value is -0.480. The number of halogens is 1. The van der Waals surface area contributed by atoms with E-state index in [9.17, 15) is 4.79 Å². The van der Waals surface area contributed by atoms with Crippen LogP contribution in [-0.2, 0) is 4.79 Å². The Morgan fingerprint density at radius 3 is 2.33 bits per heavy atom. The smallest absolute Gasteiger partial charge is 0.232 e. The topological polar surface area (TPSA) is 20.3 Å². The summed E-state index contributed by atoms with van der Waals surface area (Å²) in [6, 6.07) is 8.12. The molecular formula is C14H18BrNOS. The minimum atomic E-state index is 0.282. The minimum absolute atomic E-state index is 0.282. The van der Waals surface area contributed by atoms with E-state index >= 15 is 0 Å². The molecule has 98 valence electrons. The van der Waals surface area contributed by atoms with Crippen LogP contribution in [0.5, 0.6) is 0 Å². The van der Waals surface area contributed by atoms with Crippen molar-refractivity contribution in [3.63, 3.8) is 0 Å². The standard InChI is InChI=1S/C14H18BrNOS/c15-12-5-7-13(8-6-12)18-11-14(17)16-9-3-1-2-4-10-16/h5-8H,1-4,9-11H2. The Kier molecular flexibility index (Phi) is 5.57. The number of carbonyl (C=O) groups is 1. The fraction of sp³-hybridized carbons (Fsp3) is 0.500. The molecule has 0 saturated carbocycles. The molecule has 1 heterocycles. The molecule has 0 radical (unpaired) electrons. The average molecular weight is 328 g/mol. The van der Waals surface area contributed by atoms with Gasteiger partial charge in [-0.3, -0.25) is 4.79 Å². The number of carbonyl (C=O) groups excluding carboxylic acids is 1. The van der Waals surface area contributed by atoms with Crippen LogP contribution in [0.1, 0.15) is 25.7 Å². The Morgan fingerprint density at radius 2 is 1.72 bits per heavy atom. The number of thioether (sulfide) groups is 1. The number of likely N-dealkylation sites (tertiary alicyclic amines) is 1. The minimum Gasteiger partial charge on any atom is -0.342 e. The van der Waals surface area contributed by atoms with Gasteiger partial charge in [-0.05, 0) is 37.1 Å². The van der Waals surface area contributed by atoms with Gasteiger partial charge >= 0.3 is 0 Å². The van der Waals surface area contributed by atoms with Gasteiger partial charge in [0.25, 0.3) is 0 Å². The van der Waals surface area contributed by atoms with Gasteiger partial charge < -0.3 is 4.90 Å². The molecule has 1 aliphatic heterocycles. The highest BCUT2D eigenvalue weighted by Gasteiger charge is 2.15. The normalized spacial score (nSPS) is 16.4. The number of benzene rings is 1. The first-order valence-corrected chi connectivity index (χ1v) is 8.20. The second-order valence-corrected chi connectivity index (χ2v) is 6.50. The molecule has 0 atom stereocenters. The van der Waals surface area contributed by atoms with Crippen molar-refractivity contribution in [1.82, 2.24) is 4.90 Å². The first-order valence-electron chi connectivity index (χ1n) is 6.42. The Morgan fingerprint density at radius 1 is 1.11 bits per heavy atom. The van der Waals surface area contributed by atoms with Gasteiger partial charge in [0.2, 0.25) is 5.91 Å². The summed E-state index contributed by atoms with van der Waals surface area (Å²) in [6.45, 7) is 1.89. The maximum atomic E-state index is 12.1. The van der Waals surface area contributed by atoms with Crippen molar-refractivity contribution in [2.45, 2.75) is 30.6 Å². The van der Waals surface area contributed by atoms with Crippen LogP contribution in [-0.4, -0.2) is 29.6 Å². The lowest BCUT2D eigenvalue weighted by atomic mass is 10.2. The molecule has 2 nitrogen and oxygen atoms in total. The molecule has 0 N–H and O–H groups in total. The highest BCUT2D eigenvalue weighted by molar-refractivity contribution is 9.10. The Labute approximate surface area is 121 Å². The largest absolute Gasteiger partial charge is 0.342 e. The predicted octanol–water partition coefficient (Wildman–Crippen LogP) is 3.94. The molecule has 0 bridgehead atoms. The molecule has 1 amide bonds. The average Bonchev–Trinajstić information content (AvgIpc) is 2.66. The molecule has 1 aromatic carbocycles. The molecule has 1 fully saturated rings. The molecule has 4 heteroatoms. The summed E-state index contributed by atoms with van der Waals surface area (Å²) in [5, 5.41) is 0. The van der Waals surface area contributed by atoms with Gasteiger partial charge in [-0.2, -0.15) is 0 Å². The molecule has 2 rings (SSSR count). The van der Waals surface area contributed by atoms with Crippen LogP contribution in [0.15, 0.2) is 33.6 Å². The van der Waals surface area contributed by atoms with Crippen LogP contribution >= 0.6 is 27.7 Å². The van der Waals surface area contributed by atoms with Crippen molar-refractivity contribution in [3.8, 4) is 0 Å². The SMILES string of the molecule is O=C(CSc1ccc(Br)cc1)N1CCCCCC1. The third-order valence-corrected chi connectivity index (χ3v) is 4.66. The lowest BCUT2D eigenvalue weighted by molar-refractivity contribution is -0.128. The number of rotatable bonds is 3. The Bertz CT molecular complexity index is 385. The van der Waals surface area contributed by atoms with E-state index in [0.29, 0.717) is 5.75 Å². The molecule has 0 aliphatic carbocycles. The third kappa shape index (κ3) is 4.32. The van der Waals surface area contributed by atoms with Crippen molar-refractivity contribution in [3.05, 3.63) is 28.7 Å². The monoisotopic (exact) mass is 327 g/mol. The maximum absolute atomic E-state index is 12.1. The molecule has 1 saturated heterocycles. The molecule has 0 unspecified atom stereocenters. The maximum Gasteiger partial charge on any atom is 0.232 e. The summed E-state index contributed by atoms with van der Waals surface area (Å²) in [5.41, 5.74) is 0. The quantitative estimate of drug-likeness (QED) is 0.783. The van der Waals surface area contributed by atoms with E-state index in [0.717, 1.165) is 35.3 Å². The fourth-order valence-electron chi connectivity index (χ4n) is 2.09. The van der Waals surface area contributed by atoms with Gasteiger partial charge in [-0.25, -0.2) is 0 Å². The van der Waals surface area contributed by atoms with Gasteiger partial charge in [-0.15, -0.1) is 11.8 Å². The van der Waals surface area contributed by atoms with Crippen molar-refractivity contribution < 1.29 is 4.79 Å². The third-order valence-electron chi connectivity index (χ3n) is 3.13. The van der Waals surface area contributed by atoms with Crippen molar-refractivity contribution in [2.75, 3.05) is 18.8 Å². The van der Waals surface area contributed by atoms with E-state index in [4.69, 9.17) is 0 Å². The zero-order valence-corrected chi connectivity index (χ0v) is 12.8. The highest BCUT2D eigenvalue weighted by atomic mass is 79.9. The van der Waals surface area contributed by atoms with Crippen LogP contribution < -0.4 is 0 Å². The summed E-state index contributed by atoms with van der Waals surface area (Å²) < 4.78 is 1.07. The van der Waals surface area contributed by atoms with Crippen LogP contribution in [0.2, 0.25) is 0 Å². The lowest BCUT2D eigenvalue weighted by Crippen LogP contribution is -2.33. The number of amides is 1. The van der Waals surface area contributed by atoms with Gasteiger partial charge in [0, 0.05) is 22.5 Å². The van der Waals surface area contributed by atoms with Crippen LogP contribution in [0.3, 0.4) is 0 Å². The zero-order valence-electron chi connectivity index (χ0n) is 10.4. The first-order chi connectivity index (χ1) is 8.75. The first kappa shape index (κ1) is 13.9. The zero-order chi connectivity index (χ0) is 12.8. The van der Waals surface area contributed by atoms with Crippen LogP contribution in [0.25, 0.3) is 0 Å². The second-order valence-electron chi connectivity index (χ2n) is 4.54. The van der Waals surface area contributed by atoms with Gasteiger partial charge in [0.1, 0.15) is 0 Å². The summed E-state index contributed by atoms with van der Waals surface area (Å²) in [7, 11) is 0. The molecular weight excluding hydrogens is 310 g/mol. The molecule has 18 heavy (non-hydrogen) atoms. The lowest BCUT2D eigenvalue weighted by Gasteiger charge is -2.19. The number of hydrogen-bond acceptors (Lipinski definition) is 2. The molecule has 0 aromatic heterocycles.